The highest BCUT2D eigenvalue weighted by atomic mass is 32.1. The monoisotopic (exact) mass is 291 g/mol. The Balaban J connectivity index is 2.32. The Morgan fingerprint density at radius 1 is 1.47 bits per heavy atom. The van der Waals surface area contributed by atoms with Crippen LogP contribution in [0, 0.1) is 5.92 Å². The van der Waals surface area contributed by atoms with E-state index in [-0.39, 0.29) is 5.92 Å². The van der Waals surface area contributed by atoms with Gasteiger partial charge in [0.15, 0.2) is 0 Å². The van der Waals surface area contributed by atoms with Gasteiger partial charge in [-0.2, -0.15) is 13.2 Å². The van der Waals surface area contributed by atoms with Crippen LogP contribution in [0.15, 0.2) is 17.8 Å². The molecule has 2 rings (SSSR count). The molecule has 0 unspecified atom stereocenters. The zero-order valence-corrected chi connectivity index (χ0v) is 11.0. The quantitative estimate of drug-likeness (QED) is 0.945. The fraction of sp³-hybridized carbons (Fsp3) is 0.455. The molecule has 2 aromatic rings. The number of nitrogens with one attached hydrogen (secondary N) is 1. The molecule has 0 bridgehead atoms. The smallest absolute Gasteiger partial charge is 0.338 e. The number of nitrogens with zero attached hydrogens (tertiary/aromatic N) is 2. The number of fused-ring (bicyclic) bond motifs is 1. The maximum Gasteiger partial charge on any atom is 0.471 e. The van der Waals surface area contributed by atoms with Crippen LogP contribution < -0.4 is 5.32 Å². The second-order valence-electron chi connectivity index (χ2n) is 4.42. The number of hydrogen-bond acceptors (Lipinski definition) is 3. The van der Waals surface area contributed by atoms with E-state index < -0.39 is 18.1 Å². The third kappa shape index (κ3) is 2.73. The van der Waals surface area contributed by atoms with Crippen molar-refractivity contribution in [2.75, 3.05) is 0 Å². The number of halogens is 3. The van der Waals surface area contributed by atoms with Gasteiger partial charge in [-0.25, -0.2) is 4.98 Å². The first kappa shape index (κ1) is 13.9. The first-order valence-electron chi connectivity index (χ1n) is 5.59. The van der Waals surface area contributed by atoms with Crippen molar-refractivity contribution >= 4 is 22.1 Å². The van der Waals surface area contributed by atoms with E-state index in [1.54, 1.807) is 30.6 Å². The number of amides is 1. The van der Waals surface area contributed by atoms with E-state index in [4.69, 9.17) is 0 Å². The Bertz CT molecular complexity index is 587. The standard InChI is InChI=1S/C11H12F3N3OS/c1-6(2)8(16-10(18)11(12,13)14)9-15-5-7-17(9)3-4-19-7/h3-6,8H,1-2H3,(H,16,18)/t8-/m1/s1. The number of rotatable bonds is 3. The molecule has 2 aromatic heterocycles. The summed E-state index contributed by atoms with van der Waals surface area (Å²) in [5, 5.41) is 3.81. The number of imidazole rings is 1. The van der Waals surface area contributed by atoms with Crippen molar-refractivity contribution in [1.82, 2.24) is 14.7 Å². The lowest BCUT2D eigenvalue weighted by Crippen LogP contribution is -2.41. The SMILES string of the molecule is CC(C)[C@@H](NC(=O)C(F)(F)F)c1ncc2sccn12. The molecule has 0 aliphatic rings. The van der Waals surface area contributed by atoms with Crippen LogP contribution in [-0.4, -0.2) is 21.5 Å². The largest absolute Gasteiger partial charge is 0.471 e. The minimum Gasteiger partial charge on any atom is -0.338 e. The number of carbonyl (C=O) groups excluding carboxylic acids is 1. The minimum absolute atomic E-state index is 0.211. The summed E-state index contributed by atoms with van der Waals surface area (Å²) in [7, 11) is 0. The lowest BCUT2D eigenvalue weighted by atomic mass is 10.0. The molecule has 8 heteroatoms. The molecule has 0 saturated carbocycles. The zero-order valence-electron chi connectivity index (χ0n) is 10.2. The predicted octanol–water partition coefficient (Wildman–Crippen LogP) is 2.77. The maximum atomic E-state index is 12.3. The molecule has 0 saturated heterocycles. The van der Waals surface area contributed by atoms with E-state index >= 15 is 0 Å². The van der Waals surface area contributed by atoms with Gasteiger partial charge in [-0.15, -0.1) is 11.3 Å². The molecule has 0 fully saturated rings. The number of hydrogen-bond donors (Lipinski definition) is 1. The van der Waals surface area contributed by atoms with Crippen LogP contribution in [0.5, 0.6) is 0 Å². The highest BCUT2D eigenvalue weighted by Crippen LogP contribution is 2.25. The number of alkyl halides is 3. The third-order valence-electron chi connectivity index (χ3n) is 2.68. The van der Waals surface area contributed by atoms with Crippen LogP contribution in [0.1, 0.15) is 25.7 Å². The molecule has 1 atom stereocenters. The van der Waals surface area contributed by atoms with E-state index in [1.165, 1.54) is 11.3 Å². The van der Waals surface area contributed by atoms with Crippen molar-refractivity contribution in [3.05, 3.63) is 23.6 Å². The molecule has 2 heterocycles. The second-order valence-corrected chi connectivity index (χ2v) is 5.35. The summed E-state index contributed by atoms with van der Waals surface area (Å²) >= 11 is 1.43. The van der Waals surface area contributed by atoms with Gasteiger partial charge in [0.1, 0.15) is 10.7 Å². The van der Waals surface area contributed by atoms with Gasteiger partial charge in [-0.3, -0.25) is 9.20 Å². The molecule has 0 aliphatic heterocycles. The van der Waals surface area contributed by atoms with Crippen molar-refractivity contribution in [2.24, 2.45) is 5.92 Å². The van der Waals surface area contributed by atoms with Crippen molar-refractivity contribution in [3.8, 4) is 0 Å². The first-order valence-corrected chi connectivity index (χ1v) is 6.47. The van der Waals surface area contributed by atoms with Crippen LogP contribution in [0.25, 0.3) is 4.83 Å². The van der Waals surface area contributed by atoms with E-state index in [9.17, 15) is 18.0 Å². The Hall–Kier alpha value is -1.57. The highest BCUT2D eigenvalue weighted by molar-refractivity contribution is 7.15. The molecule has 4 nitrogen and oxygen atoms in total. The lowest BCUT2D eigenvalue weighted by Gasteiger charge is -2.21. The van der Waals surface area contributed by atoms with Gasteiger partial charge in [-0.05, 0) is 5.92 Å². The van der Waals surface area contributed by atoms with Gasteiger partial charge in [0.05, 0.1) is 12.2 Å². The topological polar surface area (TPSA) is 46.4 Å². The number of thiazole rings is 1. The molecular weight excluding hydrogens is 279 g/mol. The summed E-state index contributed by atoms with van der Waals surface area (Å²) < 4.78 is 38.7. The average Bonchev–Trinajstić information content (AvgIpc) is 2.85. The van der Waals surface area contributed by atoms with Crippen LogP contribution in [0.3, 0.4) is 0 Å². The molecule has 0 aliphatic carbocycles. The molecule has 104 valence electrons. The summed E-state index contributed by atoms with van der Waals surface area (Å²) in [6, 6.07) is -0.786. The fourth-order valence-electron chi connectivity index (χ4n) is 1.74. The first-order chi connectivity index (χ1) is 8.80. The molecule has 19 heavy (non-hydrogen) atoms. The normalized spacial score (nSPS) is 14.0. The van der Waals surface area contributed by atoms with Crippen LogP contribution in [-0.2, 0) is 4.79 Å². The van der Waals surface area contributed by atoms with Gasteiger partial charge in [0.25, 0.3) is 0 Å². The van der Waals surface area contributed by atoms with Gasteiger partial charge in [0.2, 0.25) is 0 Å². The summed E-state index contributed by atoms with van der Waals surface area (Å²) in [6.07, 6.45) is -1.59. The summed E-state index contributed by atoms with van der Waals surface area (Å²) in [6.45, 7) is 3.46. The second kappa shape index (κ2) is 4.84. The van der Waals surface area contributed by atoms with Crippen molar-refractivity contribution < 1.29 is 18.0 Å². The highest BCUT2D eigenvalue weighted by Gasteiger charge is 2.40. The van der Waals surface area contributed by atoms with E-state index in [0.29, 0.717) is 5.82 Å². The average molecular weight is 291 g/mol. The molecule has 0 aromatic carbocycles. The predicted molar refractivity (Wildman–Crippen MR) is 64.8 cm³/mol. The Morgan fingerprint density at radius 2 is 2.16 bits per heavy atom. The number of carbonyl (C=O) groups is 1. The summed E-state index contributed by atoms with van der Waals surface area (Å²) in [5.41, 5.74) is 0. The molecule has 1 N–H and O–H groups in total. The van der Waals surface area contributed by atoms with Crippen LogP contribution in [0.4, 0.5) is 13.2 Å². The van der Waals surface area contributed by atoms with Crippen molar-refractivity contribution in [3.63, 3.8) is 0 Å². The van der Waals surface area contributed by atoms with E-state index in [0.717, 1.165) is 4.83 Å². The molecule has 1 amide bonds. The van der Waals surface area contributed by atoms with Crippen molar-refractivity contribution in [2.45, 2.75) is 26.1 Å². The minimum atomic E-state index is -4.89. The Morgan fingerprint density at radius 3 is 2.74 bits per heavy atom. The lowest BCUT2D eigenvalue weighted by molar-refractivity contribution is -0.174. The summed E-state index contributed by atoms with van der Waals surface area (Å²) in [5.74, 6) is -1.75. The molecule has 0 spiro atoms. The third-order valence-corrected chi connectivity index (χ3v) is 3.48. The van der Waals surface area contributed by atoms with Crippen molar-refractivity contribution in [1.29, 1.82) is 0 Å². The maximum absolute atomic E-state index is 12.3. The summed E-state index contributed by atoms with van der Waals surface area (Å²) in [4.78, 5) is 16.0. The van der Waals surface area contributed by atoms with Gasteiger partial charge in [-0.1, -0.05) is 13.8 Å². The Kier molecular flexibility index (Phi) is 3.53. The van der Waals surface area contributed by atoms with Crippen LogP contribution in [0.2, 0.25) is 0 Å². The van der Waals surface area contributed by atoms with E-state index in [2.05, 4.69) is 4.98 Å². The van der Waals surface area contributed by atoms with Gasteiger partial charge < -0.3 is 5.32 Å². The fourth-order valence-corrected chi connectivity index (χ4v) is 2.44. The van der Waals surface area contributed by atoms with E-state index in [1.807, 2.05) is 10.7 Å². The van der Waals surface area contributed by atoms with Gasteiger partial charge in [0, 0.05) is 11.6 Å². The van der Waals surface area contributed by atoms with Crippen LogP contribution >= 0.6 is 11.3 Å². The Labute approximate surface area is 111 Å². The molecular formula is C11H12F3N3OS. The zero-order chi connectivity index (χ0) is 14.2. The number of aromatic nitrogens is 2. The van der Waals surface area contributed by atoms with Gasteiger partial charge >= 0.3 is 12.1 Å². The molecule has 0 radical (unpaired) electrons.